The molecule has 0 radical (unpaired) electrons. The van der Waals surface area contributed by atoms with E-state index < -0.39 is 0 Å². The molecule has 0 atom stereocenters. The number of nitrogens with zero attached hydrogens (tertiary/aromatic N) is 1. The van der Waals surface area contributed by atoms with Gasteiger partial charge in [0.2, 0.25) is 0 Å². The fourth-order valence-corrected chi connectivity index (χ4v) is 1.90. The van der Waals surface area contributed by atoms with E-state index in [0.717, 1.165) is 52.6 Å². The van der Waals surface area contributed by atoms with Crippen LogP contribution in [0.15, 0.2) is 0 Å². The molecule has 0 aromatic carbocycles. The Morgan fingerprint density at radius 3 is 2.31 bits per heavy atom. The first-order chi connectivity index (χ1) is 6.35. The molecule has 2 aliphatic rings. The van der Waals surface area contributed by atoms with E-state index in [1.807, 2.05) is 0 Å². The van der Waals surface area contributed by atoms with Crippen LogP contribution in [0.1, 0.15) is 0 Å². The summed E-state index contributed by atoms with van der Waals surface area (Å²) in [6.45, 7) is 7.30. The Balaban J connectivity index is 1.81. The first-order valence-electron chi connectivity index (χ1n) is 4.93. The molecule has 76 valence electrons. The Hall–Kier alpha value is -0.160. The molecule has 4 heteroatoms. The minimum Gasteiger partial charge on any atom is -0.380 e. The van der Waals surface area contributed by atoms with E-state index in [2.05, 4.69) is 4.90 Å². The van der Waals surface area contributed by atoms with Crippen molar-refractivity contribution in [3.63, 3.8) is 0 Å². The maximum atomic E-state index is 5.75. The van der Waals surface area contributed by atoms with E-state index in [9.17, 15) is 0 Å². The van der Waals surface area contributed by atoms with Gasteiger partial charge in [-0.15, -0.1) is 0 Å². The molecule has 0 aromatic rings. The number of hydrogen-bond donors (Lipinski definition) is 1. The number of morpholine rings is 1. The molecule has 2 fully saturated rings. The molecule has 0 spiro atoms. The molecular weight excluding hydrogens is 168 g/mol. The molecular formula is C9H18N2O2. The summed E-state index contributed by atoms with van der Waals surface area (Å²) in [5, 5.41) is 0. The van der Waals surface area contributed by atoms with Crippen LogP contribution < -0.4 is 5.73 Å². The first-order valence-corrected chi connectivity index (χ1v) is 4.93. The van der Waals surface area contributed by atoms with E-state index in [4.69, 9.17) is 15.2 Å². The highest BCUT2D eigenvalue weighted by Crippen LogP contribution is 2.27. The van der Waals surface area contributed by atoms with Gasteiger partial charge >= 0.3 is 0 Å². The van der Waals surface area contributed by atoms with Crippen LogP contribution in [0.5, 0.6) is 0 Å². The Kier molecular flexibility index (Phi) is 2.83. The topological polar surface area (TPSA) is 47.7 Å². The van der Waals surface area contributed by atoms with Crippen molar-refractivity contribution >= 4 is 0 Å². The van der Waals surface area contributed by atoms with Crippen LogP contribution in [0.4, 0.5) is 0 Å². The van der Waals surface area contributed by atoms with Gasteiger partial charge in [0, 0.05) is 31.6 Å². The Labute approximate surface area is 79.0 Å². The third kappa shape index (κ3) is 2.02. The van der Waals surface area contributed by atoms with Crippen LogP contribution in [0.25, 0.3) is 0 Å². The van der Waals surface area contributed by atoms with Gasteiger partial charge in [0.1, 0.15) is 0 Å². The summed E-state index contributed by atoms with van der Waals surface area (Å²) >= 11 is 0. The number of hydrogen-bond acceptors (Lipinski definition) is 4. The SMILES string of the molecule is NCC1(CN2CCOCC2)COC1. The van der Waals surface area contributed by atoms with Gasteiger partial charge in [-0.1, -0.05) is 0 Å². The van der Waals surface area contributed by atoms with Crippen LogP contribution in [0.2, 0.25) is 0 Å². The second kappa shape index (κ2) is 3.92. The zero-order chi connectivity index (χ0) is 9.15. The minimum absolute atomic E-state index is 0.247. The van der Waals surface area contributed by atoms with E-state index in [1.165, 1.54) is 0 Å². The monoisotopic (exact) mass is 186 g/mol. The second-order valence-corrected chi connectivity index (χ2v) is 4.09. The van der Waals surface area contributed by atoms with Gasteiger partial charge < -0.3 is 15.2 Å². The van der Waals surface area contributed by atoms with E-state index in [1.54, 1.807) is 0 Å². The van der Waals surface area contributed by atoms with Crippen molar-refractivity contribution in [2.45, 2.75) is 0 Å². The highest BCUT2D eigenvalue weighted by atomic mass is 16.5. The quantitative estimate of drug-likeness (QED) is 0.633. The molecule has 0 amide bonds. The summed E-state index contributed by atoms with van der Waals surface area (Å²) in [4.78, 5) is 2.43. The zero-order valence-corrected chi connectivity index (χ0v) is 8.00. The number of nitrogens with two attached hydrogens (primary N) is 1. The van der Waals surface area contributed by atoms with Crippen LogP contribution in [0, 0.1) is 5.41 Å². The second-order valence-electron chi connectivity index (χ2n) is 4.09. The van der Waals surface area contributed by atoms with Crippen LogP contribution in [-0.2, 0) is 9.47 Å². The van der Waals surface area contributed by atoms with Crippen molar-refractivity contribution in [1.82, 2.24) is 4.90 Å². The first kappa shape index (κ1) is 9.40. The van der Waals surface area contributed by atoms with Gasteiger partial charge in [0.15, 0.2) is 0 Å². The molecule has 0 unspecified atom stereocenters. The minimum atomic E-state index is 0.247. The normalized spacial score (nSPS) is 28.4. The summed E-state index contributed by atoms with van der Waals surface area (Å²) in [6.07, 6.45) is 0. The molecule has 0 bridgehead atoms. The van der Waals surface area contributed by atoms with Crippen molar-refractivity contribution in [3.8, 4) is 0 Å². The largest absolute Gasteiger partial charge is 0.380 e. The predicted molar refractivity (Wildman–Crippen MR) is 49.6 cm³/mol. The third-order valence-electron chi connectivity index (χ3n) is 2.91. The molecule has 2 N–H and O–H groups in total. The summed E-state index contributed by atoms with van der Waals surface area (Å²) in [7, 11) is 0. The number of rotatable bonds is 3. The lowest BCUT2D eigenvalue weighted by Crippen LogP contribution is -2.56. The molecule has 2 rings (SSSR count). The Morgan fingerprint density at radius 2 is 1.85 bits per heavy atom. The fourth-order valence-electron chi connectivity index (χ4n) is 1.90. The van der Waals surface area contributed by atoms with E-state index in [-0.39, 0.29) is 5.41 Å². The van der Waals surface area contributed by atoms with Crippen LogP contribution in [-0.4, -0.2) is 57.5 Å². The van der Waals surface area contributed by atoms with Crippen molar-refractivity contribution in [2.24, 2.45) is 11.1 Å². The molecule has 13 heavy (non-hydrogen) atoms. The average molecular weight is 186 g/mol. The van der Waals surface area contributed by atoms with Gasteiger partial charge in [0.25, 0.3) is 0 Å². The maximum absolute atomic E-state index is 5.75. The Bertz CT molecular complexity index is 159. The molecule has 2 aliphatic heterocycles. The third-order valence-corrected chi connectivity index (χ3v) is 2.91. The highest BCUT2D eigenvalue weighted by molar-refractivity contribution is 4.89. The van der Waals surface area contributed by atoms with Crippen molar-refractivity contribution in [2.75, 3.05) is 52.6 Å². The summed E-state index contributed by atoms with van der Waals surface area (Å²) in [5.74, 6) is 0. The van der Waals surface area contributed by atoms with Gasteiger partial charge in [-0.05, 0) is 0 Å². The van der Waals surface area contributed by atoms with E-state index in [0.29, 0.717) is 0 Å². The molecule has 0 aliphatic carbocycles. The summed E-state index contributed by atoms with van der Waals surface area (Å²) in [6, 6.07) is 0. The smallest absolute Gasteiger partial charge is 0.0594 e. The summed E-state index contributed by atoms with van der Waals surface area (Å²) < 4.78 is 10.5. The van der Waals surface area contributed by atoms with Crippen molar-refractivity contribution in [1.29, 1.82) is 0 Å². The lowest BCUT2D eigenvalue weighted by molar-refractivity contribution is -0.127. The molecule has 2 saturated heterocycles. The molecule has 0 saturated carbocycles. The molecule has 0 aromatic heterocycles. The van der Waals surface area contributed by atoms with Crippen LogP contribution in [0.3, 0.4) is 0 Å². The fraction of sp³-hybridized carbons (Fsp3) is 1.00. The van der Waals surface area contributed by atoms with Gasteiger partial charge in [-0.3, -0.25) is 4.90 Å². The summed E-state index contributed by atoms with van der Waals surface area (Å²) in [5.41, 5.74) is 6.00. The van der Waals surface area contributed by atoms with Crippen molar-refractivity contribution < 1.29 is 9.47 Å². The van der Waals surface area contributed by atoms with Gasteiger partial charge in [0.05, 0.1) is 26.4 Å². The Morgan fingerprint density at radius 1 is 1.15 bits per heavy atom. The van der Waals surface area contributed by atoms with Gasteiger partial charge in [-0.25, -0.2) is 0 Å². The zero-order valence-electron chi connectivity index (χ0n) is 8.00. The van der Waals surface area contributed by atoms with Crippen molar-refractivity contribution in [3.05, 3.63) is 0 Å². The maximum Gasteiger partial charge on any atom is 0.0594 e. The molecule has 2 heterocycles. The highest BCUT2D eigenvalue weighted by Gasteiger charge is 2.38. The predicted octanol–water partition coefficient (Wildman–Crippen LogP) is -0.706. The number of ether oxygens (including phenoxy) is 2. The standard InChI is InChI=1S/C9H18N2O2/c10-5-9(7-13-8-9)6-11-1-3-12-4-2-11/h1-8,10H2. The van der Waals surface area contributed by atoms with Gasteiger partial charge in [-0.2, -0.15) is 0 Å². The van der Waals surface area contributed by atoms with E-state index >= 15 is 0 Å². The van der Waals surface area contributed by atoms with Crippen LogP contribution >= 0.6 is 0 Å². The molecule has 4 nitrogen and oxygen atoms in total. The average Bonchev–Trinajstić information content (AvgIpc) is 2.13. The lowest BCUT2D eigenvalue weighted by Gasteiger charge is -2.44. The lowest BCUT2D eigenvalue weighted by atomic mass is 9.85.